The van der Waals surface area contributed by atoms with Crippen LogP contribution in [0.25, 0.3) is 0 Å². The first-order chi connectivity index (χ1) is 10.2. The van der Waals surface area contributed by atoms with Gasteiger partial charge < -0.3 is 14.5 Å². The first-order valence-corrected chi connectivity index (χ1v) is 7.42. The molecule has 0 aliphatic carbocycles. The minimum atomic E-state index is -0.527. The average molecular weight is 309 g/mol. The first kappa shape index (κ1) is 14.2. The van der Waals surface area contributed by atoms with Gasteiger partial charge in [-0.2, -0.15) is 0 Å². The number of oxime groups is 1. The molecule has 5 nitrogen and oxygen atoms in total. The summed E-state index contributed by atoms with van der Waals surface area (Å²) in [6.45, 7) is 1.63. The minimum absolute atomic E-state index is 0.0188. The lowest BCUT2D eigenvalue weighted by atomic mass is 10.0. The number of likely N-dealkylation sites (tertiary alicyclic amines) is 1. The summed E-state index contributed by atoms with van der Waals surface area (Å²) < 4.78 is 5.20. The van der Waals surface area contributed by atoms with Gasteiger partial charge in [-0.15, -0.1) is 0 Å². The number of benzene rings is 1. The van der Waals surface area contributed by atoms with E-state index < -0.39 is 6.10 Å². The molecule has 0 spiro atoms. The van der Waals surface area contributed by atoms with Crippen molar-refractivity contribution in [3.8, 4) is 5.75 Å². The van der Waals surface area contributed by atoms with Crippen molar-refractivity contribution in [2.75, 3.05) is 20.2 Å². The van der Waals surface area contributed by atoms with Gasteiger partial charge in [-0.3, -0.25) is 4.79 Å². The van der Waals surface area contributed by atoms with E-state index in [4.69, 9.17) is 21.2 Å². The fraction of sp³-hybridized carbons (Fsp3) is 0.467. The van der Waals surface area contributed by atoms with Gasteiger partial charge in [-0.05, 0) is 31.0 Å². The van der Waals surface area contributed by atoms with E-state index in [1.165, 1.54) is 0 Å². The van der Waals surface area contributed by atoms with Crippen LogP contribution in [0.15, 0.2) is 23.4 Å². The number of amides is 1. The van der Waals surface area contributed by atoms with E-state index in [-0.39, 0.29) is 5.91 Å². The maximum absolute atomic E-state index is 12.3. The van der Waals surface area contributed by atoms with Crippen molar-refractivity contribution >= 4 is 23.2 Å². The van der Waals surface area contributed by atoms with Crippen LogP contribution in [-0.2, 0) is 9.63 Å². The number of methoxy groups -OCH3 is 1. The predicted octanol–water partition coefficient (Wildman–Crippen LogP) is 2.46. The van der Waals surface area contributed by atoms with Gasteiger partial charge in [0.05, 0.1) is 17.8 Å². The van der Waals surface area contributed by atoms with Crippen LogP contribution < -0.4 is 4.74 Å². The molecule has 0 bridgehead atoms. The van der Waals surface area contributed by atoms with E-state index in [2.05, 4.69) is 5.16 Å². The summed E-state index contributed by atoms with van der Waals surface area (Å²) in [6.07, 6.45) is 2.05. The maximum atomic E-state index is 12.3. The van der Waals surface area contributed by atoms with E-state index in [0.717, 1.165) is 31.5 Å². The van der Waals surface area contributed by atoms with Crippen LogP contribution in [0.4, 0.5) is 0 Å². The fourth-order valence-electron chi connectivity index (χ4n) is 2.66. The summed E-state index contributed by atoms with van der Waals surface area (Å²) in [7, 11) is 1.60. The molecule has 1 fully saturated rings. The Morgan fingerprint density at radius 1 is 1.43 bits per heavy atom. The Labute approximate surface area is 128 Å². The van der Waals surface area contributed by atoms with Gasteiger partial charge in [0.2, 0.25) is 6.10 Å². The van der Waals surface area contributed by atoms with Crippen LogP contribution in [0, 0.1) is 0 Å². The smallest absolute Gasteiger partial charge is 0.266 e. The number of nitrogens with zero attached hydrogens (tertiary/aromatic N) is 2. The Hall–Kier alpha value is -1.75. The normalized spacial score (nSPS) is 21.1. The number of rotatable bonds is 3. The second kappa shape index (κ2) is 5.93. The molecule has 6 heteroatoms. The van der Waals surface area contributed by atoms with Crippen LogP contribution in [0.2, 0.25) is 5.02 Å². The molecule has 1 aromatic rings. The number of carbonyl (C=O) groups excluding carboxylic acids is 1. The van der Waals surface area contributed by atoms with Gasteiger partial charge in [0.25, 0.3) is 5.91 Å². The Kier molecular flexibility index (Phi) is 4.01. The van der Waals surface area contributed by atoms with Gasteiger partial charge in [0, 0.05) is 25.1 Å². The number of ether oxygens (including phenoxy) is 1. The summed E-state index contributed by atoms with van der Waals surface area (Å²) in [5, 5.41) is 4.62. The Bertz CT molecular complexity index is 582. The van der Waals surface area contributed by atoms with Crippen molar-refractivity contribution in [2.24, 2.45) is 5.16 Å². The van der Waals surface area contributed by atoms with Crippen LogP contribution >= 0.6 is 11.6 Å². The maximum Gasteiger partial charge on any atom is 0.266 e. The van der Waals surface area contributed by atoms with Crippen LogP contribution in [0.1, 0.15) is 24.8 Å². The van der Waals surface area contributed by atoms with E-state index in [0.29, 0.717) is 22.9 Å². The summed E-state index contributed by atoms with van der Waals surface area (Å²) >= 11 is 6.20. The average Bonchev–Trinajstić information content (AvgIpc) is 3.19. The Morgan fingerprint density at radius 3 is 2.90 bits per heavy atom. The second-order valence-corrected chi connectivity index (χ2v) is 5.62. The van der Waals surface area contributed by atoms with Crippen LogP contribution in [-0.4, -0.2) is 42.8 Å². The Balaban J connectivity index is 1.73. The van der Waals surface area contributed by atoms with Crippen LogP contribution in [0.5, 0.6) is 5.75 Å². The van der Waals surface area contributed by atoms with Crippen molar-refractivity contribution in [1.82, 2.24) is 4.90 Å². The van der Waals surface area contributed by atoms with E-state index >= 15 is 0 Å². The highest BCUT2D eigenvalue weighted by Gasteiger charge is 2.34. The van der Waals surface area contributed by atoms with Crippen LogP contribution in [0.3, 0.4) is 0 Å². The monoisotopic (exact) mass is 308 g/mol. The molecule has 1 amide bonds. The number of carbonyl (C=O) groups is 1. The molecule has 0 N–H and O–H groups in total. The molecule has 2 aliphatic heterocycles. The highest BCUT2D eigenvalue weighted by Crippen LogP contribution is 2.27. The molecule has 0 radical (unpaired) electrons. The number of halogens is 1. The predicted molar refractivity (Wildman–Crippen MR) is 79.8 cm³/mol. The topological polar surface area (TPSA) is 51.1 Å². The number of hydrogen-bond acceptors (Lipinski definition) is 4. The zero-order valence-electron chi connectivity index (χ0n) is 11.8. The zero-order valence-corrected chi connectivity index (χ0v) is 12.6. The molecule has 0 aromatic heterocycles. The molecule has 1 atom stereocenters. The molecule has 1 aromatic carbocycles. The van der Waals surface area contributed by atoms with Gasteiger partial charge in [-0.1, -0.05) is 16.8 Å². The zero-order chi connectivity index (χ0) is 14.8. The standard InChI is InChI=1S/C15H17ClN2O3/c1-20-10-4-5-12(16)11(8-10)13-9-14(21-17-13)15(19)18-6-2-3-7-18/h4-5,8,14H,2-3,6-7,9H2,1H3/t14-/m0/s1. The van der Waals surface area contributed by atoms with Crippen molar-refractivity contribution in [2.45, 2.75) is 25.4 Å². The van der Waals surface area contributed by atoms with Gasteiger partial charge in [0.1, 0.15) is 5.75 Å². The highest BCUT2D eigenvalue weighted by molar-refractivity contribution is 6.34. The molecule has 2 aliphatic rings. The number of hydrogen-bond donors (Lipinski definition) is 0. The molecule has 112 valence electrons. The van der Waals surface area contributed by atoms with Crippen molar-refractivity contribution in [3.63, 3.8) is 0 Å². The third-order valence-corrected chi connectivity index (χ3v) is 4.18. The summed E-state index contributed by atoms with van der Waals surface area (Å²) in [5.74, 6) is 0.719. The molecule has 1 saturated heterocycles. The summed E-state index contributed by atoms with van der Waals surface area (Å²) in [6, 6.07) is 5.36. The lowest BCUT2D eigenvalue weighted by Crippen LogP contribution is -2.37. The van der Waals surface area contributed by atoms with Crippen molar-refractivity contribution in [1.29, 1.82) is 0 Å². The molecule has 21 heavy (non-hydrogen) atoms. The molecule has 0 saturated carbocycles. The van der Waals surface area contributed by atoms with Crippen molar-refractivity contribution < 1.29 is 14.4 Å². The third-order valence-electron chi connectivity index (χ3n) is 3.85. The molecular weight excluding hydrogens is 292 g/mol. The fourth-order valence-corrected chi connectivity index (χ4v) is 2.89. The van der Waals surface area contributed by atoms with E-state index in [9.17, 15) is 4.79 Å². The first-order valence-electron chi connectivity index (χ1n) is 7.04. The van der Waals surface area contributed by atoms with E-state index in [1.54, 1.807) is 19.2 Å². The largest absolute Gasteiger partial charge is 0.497 e. The molecule has 0 unspecified atom stereocenters. The highest BCUT2D eigenvalue weighted by atomic mass is 35.5. The van der Waals surface area contributed by atoms with Crippen molar-refractivity contribution in [3.05, 3.63) is 28.8 Å². The van der Waals surface area contributed by atoms with Gasteiger partial charge in [0.15, 0.2) is 0 Å². The second-order valence-electron chi connectivity index (χ2n) is 5.21. The lowest BCUT2D eigenvalue weighted by molar-refractivity contribution is -0.140. The summed E-state index contributed by atoms with van der Waals surface area (Å²) in [5.41, 5.74) is 1.45. The van der Waals surface area contributed by atoms with E-state index in [1.807, 2.05) is 11.0 Å². The Morgan fingerprint density at radius 2 is 2.19 bits per heavy atom. The summed E-state index contributed by atoms with van der Waals surface area (Å²) in [4.78, 5) is 19.5. The van der Waals surface area contributed by atoms with Gasteiger partial charge in [-0.25, -0.2) is 0 Å². The van der Waals surface area contributed by atoms with Gasteiger partial charge >= 0.3 is 0 Å². The lowest BCUT2D eigenvalue weighted by Gasteiger charge is -2.18. The molecule has 3 rings (SSSR count). The minimum Gasteiger partial charge on any atom is -0.497 e. The molecular formula is C15H17ClN2O3. The quantitative estimate of drug-likeness (QED) is 0.862. The SMILES string of the molecule is COc1ccc(Cl)c(C2=NO[C@H](C(=O)N3CCCC3)C2)c1. The molecule has 2 heterocycles. The third kappa shape index (κ3) is 2.83.